The number of nitrogens with one attached hydrogen (secondary N) is 1. The second kappa shape index (κ2) is 5.26. The molecule has 1 N–H and O–H groups in total. The van der Waals surface area contributed by atoms with Gasteiger partial charge in [-0.2, -0.15) is 0 Å². The molecule has 0 saturated carbocycles. The maximum Gasteiger partial charge on any atom is 0.168 e. The molecule has 14 heavy (non-hydrogen) atoms. The van der Waals surface area contributed by atoms with Gasteiger partial charge in [0.1, 0.15) is 4.60 Å². The van der Waals surface area contributed by atoms with E-state index in [0.29, 0.717) is 6.54 Å². The van der Waals surface area contributed by atoms with Gasteiger partial charge in [-0.3, -0.25) is 0 Å². The van der Waals surface area contributed by atoms with Crippen LogP contribution in [0.2, 0.25) is 0 Å². The van der Waals surface area contributed by atoms with E-state index in [1.165, 1.54) is 0 Å². The van der Waals surface area contributed by atoms with Crippen LogP contribution in [-0.2, 0) is 6.54 Å². The van der Waals surface area contributed by atoms with Gasteiger partial charge in [0.25, 0.3) is 0 Å². The van der Waals surface area contributed by atoms with Crippen molar-refractivity contribution in [1.29, 1.82) is 0 Å². The summed E-state index contributed by atoms with van der Waals surface area (Å²) < 4.78 is 0.844. The van der Waals surface area contributed by atoms with Crippen LogP contribution in [0.25, 0.3) is 0 Å². The van der Waals surface area contributed by atoms with Gasteiger partial charge in [-0.15, -0.1) is 0 Å². The number of nitrogens with zero attached hydrogens (tertiary/aromatic N) is 2. The van der Waals surface area contributed by atoms with Crippen molar-refractivity contribution in [1.82, 2.24) is 15.2 Å². The summed E-state index contributed by atoms with van der Waals surface area (Å²) in [6.45, 7) is 0.706. The van der Waals surface area contributed by atoms with Gasteiger partial charge in [-0.05, 0) is 39.8 Å². The van der Waals surface area contributed by atoms with E-state index in [1.54, 1.807) is 0 Å². The molecule has 0 unspecified atom stereocenters. The summed E-state index contributed by atoms with van der Waals surface area (Å²) in [4.78, 5) is 5.98. The van der Waals surface area contributed by atoms with Crippen molar-refractivity contribution < 1.29 is 0 Å². The number of aromatic nitrogens is 1. The first-order chi connectivity index (χ1) is 6.59. The van der Waals surface area contributed by atoms with E-state index in [2.05, 4.69) is 26.2 Å². The molecule has 76 valence electrons. The van der Waals surface area contributed by atoms with E-state index in [-0.39, 0.29) is 0 Å². The predicted octanol–water partition coefficient (Wildman–Crippen LogP) is 1.78. The Balaban J connectivity index is 2.46. The molecule has 0 aromatic carbocycles. The minimum absolute atomic E-state index is 0.706. The Bertz CT molecular complexity index is 310. The summed E-state index contributed by atoms with van der Waals surface area (Å²) in [5, 5.41) is 3.85. The molecule has 0 atom stereocenters. The number of hydrogen-bond acceptors (Lipinski definition) is 2. The molecule has 1 aromatic heterocycles. The molecule has 0 aliphatic carbocycles. The van der Waals surface area contributed by atoms with E-state index in [4.69, 9.17) is 12.2 Å². The van der Waals surface area contributed by atoms with Gasteiger partial charge in [0.05, 0.1) is 0 Å². The number of hydrogen-bond donors (Lipinski definition) is 1. The van der Waals surface area contributed by atoms with Crippen LogP contribution in [0.4, 0.5) is 0 Å². The Morgan fingerprint density at radius 3 is 2.79 bits per heavy atom. The topological polar surface area (TPSA) is 28.2 Å². The van der Waals surface area contributed by atoms with E-state index >= 15 is 0 Å². The van der Waals surface area contributed by atoms with Crippen LogP contribution in [0, 0.1) is 0 Å². The number of halogens is 1. The maximum absolute atomic E-state index is 5.09. The van der Waals surface area contributed by atoms with Crippen LogP contribution >= 0.6 is 28.1 Å². The molecule has 5 heteroatoms. The monoisotopic (exact) mass is 273 g/mol. The van der Waals surface area contributed by atoms with Gasteiger partial charge in [0, 0.05) is 26.8 Å². The molecule has 0 aliphatic heterocycles. The summed E-state index contributed by atoms with van der Waals surface area (Å²) >= 11 is 8.37. The lowest BCUT2D eigenvalue weighted by Crippen LogP contribution is -2.33. The summed E-state index contributed by atoms with van der Waals surface area (Å²) in [6.07, 6.45) is 1.81. The Morgan fingerprint density at radius 2 is 2.29 bits per heavy atom. The fourth-order valence-electron chi connectivity index (χ4n) is 0.847. The third kappa shape index (κ3) is 3.59. The molecule has 0 amide bonds. The first kappa shape index (κ1) is 11.4. The number of pyridine rings is 1. The smallest absolute Gasteiger partial charge is 0.168 e. The average Bonchev–Trinajstić information content (AvgIpc) is 2.16. The van der Waals surface area contributed by atoms with E-state index in [9.17, 15) is 0 Å². The van der Waals surface area contributed by atoms with Crippen molar-refractivity contribution in [3.05, 3.63) is 28.5 Å². The van der Waals surface area contributed by atoms with Gasteiger partial charge in [0.2, 0.25) is 0 Å². The Labute approximate surface area is 97.6 Å². The van der Waals surface area contributed by atoms with E-state index in [0.717, 1.165) is 15.3 Å². The minimum Gasteiger partial charge on any atom is -0.358 e. The Hall–Kier alpha value is -0.680. The molecule has 0 radical (unpaired) electrons. The second-order valence-electron chi connectivity index (χ2n) is 3.04. The van der Waals surface area contributed by atoms with Crippen LogP contribution in [-0.4, -0.2) is 29.1 Å². The summed E-state index contributed by atoms with van der Waals surface area (Å²) in [6, 6.07) is 3.91. The summed E-state index contributed by atoms with van der Waals surface area (Å²) in [5.41, 5.74) is 1.11. The molecular weight excluding hydrogens is 262 g/mol. The molecule has 0 spiro atoms. The molecule has 1 rings (SSSR count). The largest absolute Gasteiger partial charge is 0.358 e. The third-order valence-corrected chi connectivity index (χ3v) is 2.62. The zero-order chi connectivity index (χ0) is 10.6. The average molecular weight is 274 g/mol. The zero-order valence-corrected chi connectivity index (χ0v) is 10.5. The van der Waals surface area contributed by atoms with Gasteiger partial charge in [0.15, 0.2) is 5.11 Å². The lowest BCUT2D eigenvalue weighted by Gasteiger charge is -2.15. The molecule has 0 fully saturated rings. The fraction of sp³-hybridized carbons (Fsp3) is 0.333. The molecule has 1 heterocycles. The van der Waals surface area contributed by atoms with Crippen molar-refractivity contribution in [3.8, 4) is 0 Å². The van der Waals surface area contributed by atoms with Crippen LogP contribution in [0.3, 0.4) is 0 Å². The van der Waals surface area contributed by atoms with Gasteiger partial charge < -0.3 is 10.2 Å². The fourth-order valence-corrected chi connectivity index (χ4v) is 1.15. The van der Waals surface area contributed by atoms with Crippen LogP contribution in [0.1, 0.15) is 5.56 Å². The second-order valence-corrected chi connectivity index (χ2v) is 4.24. The lowest BCUT2D eigenvalue weighted by molar-refractivity contribution is 0.600. The highest BCUT2D eigenvalue weighted by molar-refractivity contribution is 9.10. The van der Waals surface area contributed by atoms with Gasteiger partial charge in [-0.1, -0.05) is 6.07 Å². The van der Waals surface area contributed by atoms with Gasteiger partial charge >= 0.3 is 0 Å². The summed E-state index contributed by atoms with van der Waals surface area (Å²) in [5.74, 6) is 0. The van der Waals surface area contributed by atoms with Crippen molar-refractivity contribution in [2.24, 2.45) is 0 Å². The molecule has 1 aromatic rings. The zero-order valence-electron chi connectivity index (χ0n) is 8.12. The molecule has 0 bridgehead atoms. The first-order valence-electron chi connectivity index (χ1n) is 4.15. The Kier molecular flexibility index (Phi) is 4.28. The molecule has 3 nitrogen and oxygen atoms in total. The molecule has 0 saturated heterocycles. The van der Waals surface area contributed by atoms with Crippen LogP contribution in [0.15, 0.2) is 22.9 Å². The third-order valence-electron chi connectivity index (χ3n) is 1.64. The van der Waals surface area contributed by atoms with Crippen LogP contribution < -0.4 is 5.32 Å². The Morgan fingerprint density at radius 1 is 1.57 bits per heavy atom. The van der Waals surface area contributed by atoms with Crippen molar-refractivity contribution in [2.45, 2.75) is 6.54 Å². The van der Waals surface area contributed by atoms with E-state index in [1.807, 2.05) is 37.3 Å². The number of rotatable bonds is 2. The standard InChI is InChI=1S/C9H12BrN3S/c1-13(2)9(14)12-6-7-3-4-8(10)11-5-7/h3-5H,6H2,1-2H3,(H,12,14). The normalized spacial score (nSPS) is 9.64. The highest BCUT2D eigenvalue weighted by atomic mass is 79.9. The van der Waals surface area contributed by atoms with Crippen molar-refractivity contribution >= 4 is 33.3 Å². The lowest BCUT2D eigenvalue weighted by atomic mass is 10.3. The van der Waals surface area contributed by atoms with E-state index < -0.39 is 0 Å². The molecular formula is C9H12BrN3S. The predicted molar refractivity (Wildman–Crippen MR) is 65.1 cm³/mol. The van der Waals surface area contributed by atoms with Gasteiger partial charge in [-0.25, -0.2) is 4.98 Å². The van der Waals surface area contributed by atoms with Crippen molar-refractivity contribution in [2.75, 3.05) is 14.1 Å². The number of thiocarbonyl (C=S) groups is 1. The SMILES string of the molecule is CN(C)C(=S)NCc1ccc(Br)nc1. The highest BCUT2D eigenvalue weighted by Gasteiger charge is 1.98. The van der Waals surface area contributed by atoms with Crippen LogP contribution in [0.5, 0.6) is 0 Å². The highest BCUT2D eigenvalue weighted by Crippen LogP contribution is 2.05. The summed E-state index contributed by atoms with van der Waals surface area (Å²) in [7, 11) is 3.82. The maximum atomic E-state index is 5.09. The van der Waals surface area contributed by atoms with Crippen molar-refractivity contribution in [3.63, 3.8) is 0 Å². The quantitative estimate of drug-likeness (QED) is 0.657. The first-order valence-corrected chi connectivity index (χ1v) is 5.35. The minimum atomic E-state index is 0.706. The molecule has 0 aliphatic rings.